The number of hydrogen-bond donors (Lipinski definition) is 3. The molecule has 174 valence electrons. The molecule has 0 aliphatic rings. The molecule has 0 amide bonds. The summed E-state index contributed by atoms with van der Waals surface area (Å²) in [5.74, 6) is 0.763. The summed E-state index contributed by atoms with van der Waals surface area (Å²) in [6, 6.07) is 19.8. The first-order chi connectivity index (χ1) is 15.7. The van der Waals surface area contributed by atoms with Gasteiger partial charge in [-0.1, -0.05) is 41.9 Å². The highest BCUT2D eigenvalue weighted by molar-refractivity contribution is 9.10. The van der Waals surface area contributed by atoms with Gasteiger partial charge in [-0.3, -0.25) is 4.72 Å². The lowest BCUT2D eigenvalue weighted by Crippen LogP contribution is -2.19. The fraction of sp³-hybridized carbons (Fsp3) is 0.208. The van der Waals surface area contributed by atoms with Gasteiger partial charge < -0.3 is 15.4 Å². The van der Waals surface area contributed by atoms with Gasteiger partial charge in [0.25, 0.3) is 10.0 Å². The Morgan fingerprint density at radius 3 is 2.03 bits per heavy atom. The molecule has 3 rings (SSSR count). The molecule has 9 heteroatoms. The van der Waals surface area contributed by atoms with Crippen LogP contribution in [0.4, 0.5) is 17.1 Å². The van der Waals surface area contributed by atoms with E-state index in [9.17, 15) is 8.42 Å². The van der Waals surface area contributed by atoms with Crippen LogP contribution in [0.25, 0.3) is 0 Å². The Hall–Kier alpha value is -2.62. The summed E-state index contributed by atoms with van der Waals surface area (Å²) in [5.41, 5.74) is 3.30. The second-order valence-corrected chi connectivity index (χ2v) is 10.5. The summed E-state index contributed by atoms with van der Waals surface area (Å²) in [7, 11) is -3.84. The third-order valence-electron chi connectivity index (χ3n) is 4.73. The van der Waals surface area contributed by atoms with Crippen molar-refractivity contribution < 1.29 is 13.2 Å². The molecule has 0 aliphatic heterocycles. The zero-order valence-electron chi connectivity index (χ0n) is 18.6. The van der Waals surface area contributed by atoms with E-state index in [2.05, 4.69) is 57.3 Å². The normalized spacial score (nSPS) is 11.2. The van der Waals surface area contributed by atoms with Gasteiger partial charge in [-0.05, 0) is 85.2 Å². The van der Waals surface area contributed by atoms with Crippen LogP contribution in [0, 0.1) is 0 Å². The molecule has 0 saturated carbocycles. The Bertz CT molecular complexity index is 1210. The maximum Gasteiger partial charge on any atom is 0.265 e. The van der Waals surface area contributed by atoms with E-state index in [0.717, 1.165) is 11.4 Å². The highest BCUT2D eigenvalue weighted by Gasteiger charge is 2.20. The predicted molar refractivity (Wildman–Crippen MR) is 143 cm³/mol. The van der Waals surface area contributed by atoms with Gasteiger partial charge in [0.05, 0.1) is 6.61 Å². The number of anilines is 3. The first-order valence-electron chi connectivity index (χ1n) is 10.4. The van der Waals surface area contributed by atoms with Crippen molar-refractivity contribution in [3.05, 3.63) is 76.8 Å². The fourth-order valence-electron chi connectivity index (χ4n) is 3.04. The number of rotatable bonds is 8. The molecule has 0 aliphatic carbocycles. The van der Waals surface area contributed by atoms with E-state index in [1.54, 1.807) is 43.3 Å². The van der Waals surface area contributed by atoms with Crippen LogP contribution in [0.3, 0.4) is 0 Å². The molecule has 0 radical (unpaired) electrons. The van der Waals surface area contributed by atoms with Gasteiger partial charge in [0, 0.05) is 21.5 Å². The number of nitrogens with one attached hydrogen (secondary N) is 3. The van der Waals surface area contributed by atoms with Gasteiger partial charge >= 0.3 is 0 Å². The van der Waals surface area contributed by atoms with E-state index in [4.69, 9.17) is 17.0 Å². The molecule has 0 bridgehead atoms. The summed E-state index contributed by atoms with van der Waals surface area (Å²) < 4.78 is 34.6. The molecule has 0 spiro atoms. The summed E-state index contributed by atoms with van der Waals surface area (Å²) in [6.45, 7) is 6.46. The molecule has 0 saturated heterocycles. The average Bonchev–Trinajstić information content (AvgIpc) is 2.76. The van der Waals surface area contributed by atoms with E-state index in [-0.39, 0.29) is 4.90 Å². The minimum Gasteiger partial charge on any atom is -0.492 e. The first kappa shape index (κ1) is 25.0. The van der Waals surface area contributed by atoms with Crippen LogP contribution in [0.2, 0.25) is 0 Å². The third-order valence-corrected chi connectivity index (χ3v) is 6.83. The summed E-state index contributed by atoms with van der Waals surface area (Å²) in [5, 5.41) is 6.69. The molecule has 3 aromatic carbocycles. The Labute approximate surface area is 208 Å². The maximum absolute atomic E-state index is 12.9. The molecule has 0 heterocycles. The quantitative estimate of drug-likeness (QED) is 0.276. The van der Waals surface area contributed by atoms with E-state index in [1.807, 2.05) is 12.1 Å². The lowest BCUT2D eigenvalue weighted by Gasteiger charge is -2.14. The van der Waals surface area contributed by atoms with Crippen LogP contribution in [0.5, 0.6) is 5.75 Å². The Morgan fingerprint density at radius 2 is 1.48 bits per heavy atom. The van der Waals surface area contributed by atoms with Crippen molar-refractivity contribution in [1.29, 1.82) is 0 Å². The molecule has 0 unspecified atom stereocenters. The zero-order chi connectivity index (χ0) is 24.0. The summed E-state index contributed by atoms with van der Waals surface area (Å²) in [4.78, 5) is 0.0646. The van der Waals surface area contributed by atoms with Crippen molar-refractivity contribution in [3.8, 4) is 5.75 Å². The molecule has 6 nitrogen and oxygen atoms in total. The standard InChI is InChI=1S/C24H26BrN3O3S2/c1-4-31-22-14-7-18(25)15-23(22)33(29,30)28-21-12-10-20(11-13-21)27-24(32)26-19-8-5-17(6-9-19)16(2)3/h5-16,28H,4H2,1-3H3,(H2,26,27,32). The van der Waals surface area contributed by atoms with Crippen molar-refractivity contribution in [1.82, 2.24) is 0 Å². The van der Waals surface area contributed by atoms with Gasteiger partial charge in [-0.2, -0.15) is 0 Å². The van der Waals surface area contributed by atoms with Gasteiger partial charge in [0.1, 0.15) is 10.6 Å². The van der Waals surface area contributed by atoms with Gasteiger partial charge in [-0.15, -0.1) is 0 Å². The van der Waals surface area contributed by atoms with Crippen LogP contribution in [-0.4, -0.2) is 20.1 Å². The number of ether oxygens (including phenoxy) is 1. The Kier molecular flexibility index (Phi) is 8.34. The lowest BCUT2D eigenvalue weighted by molar-refractivity contribution is 0.331. The van der Waals surface area contributed by atoms with E-state index in [0.29, 0.717) is 33.5 Å². The molecule has 33 heavy (non-hydrogen) atoms. The zero-order valence-corrected chi connectivity index (χ0v) is 21.8. The second kappa shape index (κ2) is 11.0. The SMILES string of the molecule is CCOc1ccc(Br)cc1S(=O)(=O)Nc1ccc(NC(=S)Nc2ccc(C(C)C)cc2)cc1. The molecule has 3 N–H and O–H groups in total. The average molecular weight is 549 g/mol. The number of halogens is 1. The van der Waals surface area contributed by atoms with E-state index < -0.39 is 10.0 Å². The van der Waals surface area contributed by atoms with Crippen LogP contribution < -0.4 is 20.1 Å². The lowest BCUT2D eigenvalue weighted by atomic mass is 10.0. The highest BCUT2D eigenvalue weighted by Crippen LogP contribution is 2.29. The Morgan fingerprint density at radius 1 is 0.939 bits per heavy atom. The highest BCUT2D eigenvalue weighted by atomic mass is 79.9. The molecular formula is C24H26BrN3O3S2. The number of thiocarbonyl (C=S) groups is 1. The topological polar surface area (TPSA) is 79.5 Å². The van der Waals surface area contributed by atoms with Crippen molar-refractivity contribution >= 4 is 60.3 Å². The molecule has 0 atom stereocenters. The van der Waals surface area contributed by atoms with Crippen molar-refractivity contribution in [2.75, 3.05) is 22.0 Å². The second-order valence-electron chi connectivity index (χ2n) is 7.56. The van der Waals surface area contributed by atoms with E-state index >= 15 is 0 Å². The largest absolute Gasteiger partial charge is 0.492 e. The first-order valence-corrected chi connectivity index (χ1v) is 13.1. The summed E-state index contributed by atoms with van der Waals surface area (Å²) in [6.07, 6.45) is 0. The number of benzene rings is 3. The van der Waals surface area contributed by atoms with E-state index in [1.165, 1.54) is 11.6 Å². The minimum atomic E-state index is -3.84. The minimum absolute atomic E-state index is 0.0646. The maximum atomic E-state index is 12.9. The third kappa shape index (κ3) is 6.93. The van der Waals surface area contributed by atoms with Gasteiger partial charge in [-0.25, -0.2) is 8.42 Å². The predicted octanol–water partition coefficient (Wildman–Crippen LogP) is 6.58. The van der Waals surface area contributed by atoms with Crippen LogP contribution >= 0.6 is 28.1 Å². The Balaban J connectivity index is 1.65. The monoisotopic (exact) mass is 547 g/mol. The van der Waals surface area contributed by atoms with Gasteiger partial charge in [0.15, 0.2) is 5.11 Å². The van der Waals surface area contributed by atoms with Crippen molar-refractivity contribution in [2.24, 2.45) is 0 Å². The molecule has 0 aromatic heterocycles. The molecule has 3 aromatic rings. The van der Waals surface area contributed by atoms with Crippen LogP contribution in [0.15, 0.2) is 76.1 Å². The van der Waals surface area contributed by atoms with Crippen molar-refractivity contribution in [2.45, 2.75) is 31.6 Å². The number of hydrogen-bond acceptors (Lipinski definition) is 4. The molecular weight excluding hydrogens is 522 g/mol. The smallest absolute Gasteiger partial charge is 0.265 e. The fourth-order valence-corrected chi connectivity index (χ4v) is 5.02. The van der Waals surface area contributed by atoms with Crippen molar-refractivity contribution in [3.63, 3.8) is 0 Å². The van der Waals surface area contributed by atoms with Gasteiger partial charge in [0.2, 0.25) is 0 Å². The summed E-state index contributed by atoms with van der Waals surface area (Å²) >= 11 is 8.70. The van der Waals surface area contributed by atoms with Crippen LogP contribution in [-0.2, 0) is 10.0 Å². The molecule has 0 fully saturated rings. The van der Waals surface area contributed by atoms with Crippen LogP contribution in [0.1, 0.15) is 32.3 Å². The number of sulfonamides is 1.